The molecular weight excluding hydrogens is 278 g/mol. The van der Waals surface area contributed by atoms with Crippen LogP contribution in [0.2, 0.25) is 0 Å². The number of piperidine rings is 1. The van der Waals surface area contributed by atoms with Gasteiger partial charge in [-0.3, -0.25) is 9.59 Å². The number of primary amides is 1. The van der Waals surface area contributed by atoms with Crippen molar-refractivity contribution < 1.29 is 14.5 Å². The fourth-order valence-corrected chi connectivity index (χ4v) is 2.87. The van der Waals surface area contributed by atoms with E-state index in [4.69, 9.17) is 5.73 Å². The van der Waals surface area contributed by atoms with Crippen LogP contribution in [0, 0.1) is 5.92 Å². The largest absolute Gasteiger partial charge is 0.369 e. The minimum Gasteiger partial charge on any atom is -0.369 e. The van der Waals surface area contributed by atoms with Crippen molar-refractivity contribution in [2.45, 2.75) is 32.6 Å². The second kappa shape index (κ2) is 7.40. The number of carbonyl (C=O) groups excluding carboxylic acids is 2. The molecule has 1 aliphatic heterocycles. The number of hydrogen-bond acceptors (Lipinski definition) is 2. The second-order valence-electron chi connectivity index (χ2n) is 6.43. The zero-order valence-electron chi connectivity index (χ0n) is 13.4. The SMILES string of the molecule is CC(C)c1ccc(NC(=O)C[NH+]2CCC(C(N)=O)CC2)cc1. The van der Waals surface area contributed by atoms with E-state index < -0.39 is 0 Å². The predicted octanol–water partition coefficient (Wildman–Crippen LogP) is 0.529. The number of hydrogen-bond donors (Lipinski definition) is 3. The quantitative estimate of drug-likeness (QED) is 0.742. The number of rotatable bonds is 5. The molecule has 0 saturated carbocycles. The van der Waals surface area contributed by atoms with E-state index in [0.29, 0.717) is 12.5 Å². The molecule has 1 heterocycles. The number of carbonyl (C=O) groups is 2. The molecule has 1 fully saturated rings. The number of quaternary nitrogens is 1. The summed E-state index contributed by atoms with van der Waals surface area (Å²) in [6.07, 6.45) is 1.56. The molecule has 1 aromatic rings. The molecule has 1 saturated heterocycles. The van der Waals surface area contributed by atoms with Gasteiger partial charge in [-0.2, -0.15) is 0 Å². The maximum absolute atomic E-state index is 12.1. The van der Waals surface area contributed by atoms with Crippen LogP contribution in [-0.4, -0.2) is 31.4 Å². The standard InChI is InChI=1S/C17H25N3O2/c1-12(2)13-3-5-15(6-4-13)19-16(21)11-20-9-7-14(8-10-20)17(18)22/h3-6,12,14H,7-11H2,1-2H3,(H2,18,22)(H,19,21)/p+1. The van der Waals surface area contributed by atoms with E-state index >= 15 is 0 Å². The van der Waals surface area contributed by atoms with Gasteiger partial charge >= 0.3 is 0 Å². The Bertz CT molecular complexity index is 517. The second-order valence-corrected chi connectivity index (χ2v) is 6.43. The molecule has 120 valence electrons. The van der Waals surface area contributed by atoms with E-state index in [1.54, 1.807) is 0 Å². The Morgan fingerprint density at radius 3 is 2.32 bits per heavy atom. The van der Waals surface area contributed by atoms with Crippen LogP contribution in [-0.2, 0) is 9.59 Å². The minimum absolute atomic E-state index is 0.0182. The van der Waals surface area contributed by atoms with Gasteiger partial charge in [0, 0.05) is 24.4 Å². The first-order chi connectivity index (χ1) is 10.5. The molecule has 4 N–H and O–H groups in total. The monoisotopic (exact) mass is 304 g/mol. The number of nitrogens with two attached hydrogens (primary N) is 1. The van der Waals surface area contributed by atoms with Crippen LogP contribution in [0.25, 0.3) is 0 Å². The van der Waals surface area contributed by atoms with E-state index in [1.165, 1.54) is 10.5 Å². The van der Waals surface area contributed by atoms with Crippen LogP contribution in [0.1, 0.15) is 38.2 Å². The van der Waals surface area contributed by atoms with Crippen LogP contribution in [0.3, 0.4) is 0 Å². The lowest BCUT2D eigenvalue weighted by Gasteiger charge is -2.27. The third-order valence-corrected chi connectivity index (χ3v) is 4.37. The van der Waals surface area contributed by atoms with E-state index in [0.717, 1.165) is 31.6 Å². The van der Waals surface area contributed by atoms with Crippen molar-refractivity contribution in [1.29, 1.82) is 0 Å². The number of likely N-dealkylation sites (tertiary alicyclic amines) is 1. The zero-order valence-corrected chi connectivity index (χ0v) is 13.4. The third-order valence-electron chi connectivity index (χ3n) is 4.37. The average Bonchev–Trinajstić information content (AvgIpc) is 2.48. The molecule has 0 aromatic heterocycles. The van der Waals surface area contributed by atoms with Gasteiger partial charge in [0.1, 0.15) is 0 Å². The van der Waals surface area contributed by atoms with Crippen LogP contribution in [0.5, 0.6) is 0 Å². The summed E-state index contributed by atoms with van der Waals surface area (Å²) in [4.78, 5) is 24.4. The minimum atomic E-state index is -0.214. The van der Waals surface area contributed by atoms with Crippen molar-refractivity contribution in [1.82, 2.24) is 0 Å². The molecular formula is C17H26N3O2+. The van der Waals surface area contributed by atoms with E-state index in [-0.39, 0.29) is 17.7 Å². The molecule has 2 rings (SSSR count). The smallest absolute Gasteiger partial charge is 0.279 e. The van der Waals surface area contributed by atoms with Crippen LogP contribution in [0.15, 0.2) is 24.3 Å². The van der Waals surface area contributed by atoms with E-state index in [9.17, 15) is 9.59 Å². The summed E-state index contributed by atoms with van der Waals surface area (Å²) in [6.45, 7) is 6.39. The highest BCUT2D eigenvalue weighted by molar-refractivity contribution is 5.91. The first kappa shape index (κ1) is 16.5. The summed E-state index contributed by atoms with van der Waals surface area (Å²) in [6, 6.07) is 7.99. The zero-order chi connectivity index (χ0) is 16.1. The average molecular weight is 304 g/mol. The van der Waals surface area contributed by atoms with Gasteiger partial charge in [-0.15, -0.1) is 0 Å². The maximum Gasteiger partial charge on any atom is 0.279 e. The first-order valence-corrected chi connectivity index (χ1v) is 7.98. The summed E-state index contributed by atoms with van der Waals surface area (Å²) in [5, 5.41) is 2.94. The van der Waals surface area contributed by atoms with Crippen molar-refractivity contribution in [2.24, 2.45) is 11.7 Å². The summed E-state index contributed by atoms with van der Waals surface area (Å²) in [7, 11) is 0. The van der Waals surface area contributed by atoms with Crippen molar-refractivity contribution in [3.05, 3.63) is 29.8 Å². The summed E-state index contributed by atoms with van der Waals surface area (Å²) in [5.41, 5.74) is 7.42. The van der Waals surface area contributed by atoms with Crippen LogP contribution in [0.4, 0.5) is 5.69 Å². The molecule has 1 aromatic carbocycles. The fourth-order valence-electron chi connectivity index (χ4n) is 2.87. The Morgan fingerprint density at radius 1 is 1.23 bits per heavy atom. The molecule has 22 heavy (non-hydrogen) atoms. The van der Waals surface area contributed by atoms with Gasteiger partial charge < -0.3 is 16.0 Å². The lowest BCUT2D eigenvalue weighted by atomic mass is 9.96. The van der Waals surface area contributed by atoms with Crippen LogP contribution < -0.4 is 16.0 Å². The number of anilines is 1. The normalized spacial score (nSPS) is 21.6. The Labute approximate surface area is 131 Å². The van der Waals surface area contributed by atoms with Gasteiger partial charge in [0.15, 0.2) is 6.54 Å². The Morgan fingerprint density at radius 2 is 1.82 bits per heavy atom. The molecule has 1 aliphatic rings. The highest BCUT2D eigenvalue weighted by Gasteiger charge is 2.26. The summed E-state index contributed by atoms with van der Waals surface area (Å²) < 4.78 is 0. The predicted molar refractivity (Wildman–Crippen MR) is 86.6 cm³/mol. The topological polar surface area (TPSA) is 76.6 Å². The van der Waals surface area contributed by atoms with Gasteiger partial charge in [-0.05, 0) is 23.6 Å². The fraction of sp³-hybridized carbons (Fsp3) is 0.529. The Kier molecular flexibility index (Phi) is 5.55. The number of benzene rings is 1. The Hall–Kier alpha value is -1.88. The molecule has 2 amide bonds. The van der Waals surface area contributed by atoms with Gasteiger partial charge in [0.2, 0.25) is 5.91 Å². The maximum atomic E-state index is 12.1. The van der Waals surface area contributed by atoms with Gasteiger partial charge in [0.05, 0.1) is 13.1 Å². The molecule has 5 nitrogen and oxygen atoms in total. The van der Waals surface area contributed by atoms with E-state index in [1.807, 2.05) is 24.3 Å². The molecule has 0 atom stereocenters. The number of nitrogens with one attached hydrogen (secondary N) is 2. The molecule has 0 spiro atoms. The Balaban J connectivity index is 1.80. The van der Waals surface area contributed by atoms with Crippen molar-refractivity contribution in [2.75, 3.05) is 25.0 Å². The highest BCUT2D eigenvalue weighted by atomic mass is 16.2. The highest BCUT2D eigenvalue weighted by Crippen LogP contribution is 2.16. The molecule has 0 bridgehead atoms. The van der Waals surface area contributed by atoms with Crippen molar-refractivity contribution >= 4 is 17.5 Å². The lowest BCUT2D eigenvalue weighted by molar-refractivity contribution is -0.897. The van der Waals surface area contributed by atoms with E-state index in [2.05, 4.69) is 19.2 Å². The van der Waals surface area contributed by atoms with Crippen molar-refractivity contribution in [3.8, 4) is 0 Å². The lowest BCUT2D eigenvalue weighted by Crippen LogP contribution is -3.14. The third kappa shape index (κ3) is 4.56. The van der Waals surface area contributed by atoms with Crippen LogP contribution >= 0.6 is 0 Å². The van der Waals surface area contributed by atoms with Gasteiger partial charge in [0.25, 0.3) is 5.91 Å². The molecule has 0 aliphatic carbocycles. The molecule has 5 heteroatoms. The van der Waals surface area contributed by atoms with Gasteiger partial charge in [-0.1, -0.05) is 26.0 Å². The molecule has 0 radical (unpaired) electrons. The summed E-state index contributed by atoms with van der Waals surface area (Å²) in [5.74, 6) is 0.273. The summed E-state index contributed by atoms with van der Waals surface area (Å²) >= 11 is 0. The molecule has 0 unspecified atom stereocenters. The van der Waals surface area contributed by atoms with Gasteiger partial charge in [-0.25, -0.2) is 0 Å². The first-order valence-electron chi connectivity index (χ1n) is 7.98. The number of amides is 2. The van der Waals surface area contributed by atoms with Crippen molar-refractivity contribution in [3.63, 3.8) is 0 Å².